The van der Waals surface area contributed by atoms with Crippen LogP contribution in [-0.2, 0) is 0 Å². The number of carbonyl (C=O) groups is 1. The molecule has 0 fully saturated rings. The van der Waals surface area contributed by atoms with E-state index in [1.165, 1.54) is 11.3 Å². The molecule has 29 heavy (non-hydrogen) atoms. The minimum atomic E-state index is -0.197. The van der Waals surface area contributed by atoms with E-state index in [4.69, 9.17) is 4.74 Å². The van der Waals surface area contributed by atoms with E-state index in [0.29, 0.717) is 10.7 Å². The normalized spacial score (nSPS) is 10.7. The van der Waals surface area contributed by atoms with Gasteiger partial charge in [-0.3, -0.25) is 15.1 Å². The van der Waals surface area contributed by atoms with E-state index in [1.807, 2.05) is 29.6 Å². The Bertz CT molecular complexity index is 1150. The van der Waals surface area contributed by atoms with Gasteiger partial charge >= 0.3 is 0 Å². The molecule has 4 aromatic rings. The molecule has 3 aromatic heterocycles. The Morgan fingerprint density at radius 3 is 2.52 bits per heavy atom. The van der Waals surface area contributed by atoms with Crippen molar-refractivity contribution in [1.82, 2.24) is 14.5 Å². The van der Waals surface area contributed by atoms with Crippen LogP contribution in [0.15, 0.2) is 60.2 Å². The summed E-state index contributed by atoms with van der Waals surface area (Å²) in [5.41, 5.74) is 5.69. The molecular formula is C22H20N4O2S. The number of methoxy groups -OCH3 is 1. The van der Waals surface area contributed by atoms with E-state index in [9.17, 15) is 4.79 Å². The molecule has 0 unspecified atom stereocenters. The minimum Gasteiger partial charge on any atom is -0.497 e. The number of ether oxygens (including phenoxy) is 1. The molecule has 1 amide bonds. The first kappa shape index (κ1) is 18.9. The molecule has 0 radical (unpaired) electrons. The lowest BCUT2D eigenvalue weighted by atomic mass is 10.2. The van der Waals surface area contributed by atoms with Crippen molar-refractivity contribution in [3.8, 4) is 22.7 Å². The SMILES string of the molecule is COc1ccc(-n2c(C)cc(-c3csc(NC(=O)c4ccncc4)n3)c2C)cc1. The highest BCUT2D eigenvalue weighted by Crippen LogP contribution is 2.32. The maximum Gasteiger partial charge on any atom is 0.257 e. The van der Waals surface area contributed by atoms with Gasteiger partial charge in [-0.25, -0.2) is 4.98 Å². The molecule has 0 atom stereocenters. The van der Waals surface area contributed by atoms with Gasteiger partial charge in [-0.1, -0.05) is 0 Å². The van der Waals surface area contributed by atoms with Gasteiger partial charge in [0.25, 0.3) is 5.91 Å². The molecule has 0 aliphatic rings. The van der Waals surface area contributed by atoms with Crippen molar-refractivity contribution in [3.05, 3.63) is 77.2 Å². The number of nitrogens with zero attached hydrogens (tertiary/aromatic N) is 3. The van der Waals surface area contributed by atoms with Crippen molar-refractivity contribution in [2.24, 2.45) is 0 Å². The van der Waals surface area contributed by atoms with Crippen molar-refractivity contribution in [1.29, 1.82) is 0 Å². The third-order valence-corrected chi connectivity index (χ3v) is 5.46. The second kappa shape index (κ2) is 7.89. The fraction of sp³-hybridized carbons (Fsp3) is 0.136. The molecule has 6 nitrogen and oxygen atoms in total. The van der Waals surface area contributed by atoms with Crippen LogP contribution in [0, 0.1) is 13.8 Å². The smallest absolute Gasteiger partial charge is 0.257 e. The third-order valence-electron chi connectivity index (χ3n) is 4.70. The van der Waals surface area contributed by atoms with E-state index in [-0.39, 0.29) is 5.91 Å². The molecule has 1 aromatic carbocycles. The van der Waals surface area contributed by atoms with E-state index < -0.39 is 0 Å². The van der Waals surface area contributed by atoms with Crippen LogP contribution >= 0.6 is 11.3 Å². The topological polar surface area (TPSA) is 69.0 Å². The van der Waals surface area contributed by atoms with E-state index in [2.05, 4.69) is 39.8 Å². The lowest BCUT2D eigenvalue weighted by molar-refractivity contribution is 0.102. The molecule has 0 saturated heterocycles. The molecule has 4 rings (SSSR count). The summed E-state index contributed by atoms with van der Waals surface area (Å²) in [7, 11) is 1.66. The number of nitrogens with one attached hydrogen (secondary N) is 1. The third kappa shape index (κ3) is 3.77. The van der Waals surface area contributed by atoms with Gasteiger partial charge in [0.2, 0.25) is 0 Å². The quantitative estimate of drug-likeness (QED) is 0.515. The maximum atomic E-state index is 12.3. The van der Waals surface area contributed by atoms with Gasteiger partial charge in [0.1, 0.15) is 5.75 Å². The fourth-order valence-electron chi connectivity index (χ4n) is 3.28. The lowest BCUT2D eigenvalue weighted by Crippen LogP contribution is -2.11. The number of aryl methyl sites for hydroxylation is 1. The highest BCUT2D eigenvalue weighted by atomic mass is 32.1. The Morgan fingerprint density at radius 1 is 1.10 bits per heavy atom. The number of hydrogen-bond acceptors (Lipinski definition) is 5. The van der Waals surface area contributed by atoms with E-state index in [1.54, 1.807) is 31.6 Å². The molecule has 1 N–H and O–H groups in total. The summed E-state index contributed by atoms with van der Waals surface area (Å²) in [4.78, 5) is 20.9. The summed E-state index contributed by atoms with van der Waals surface area (Å²) in [5, 5.41) is 5.38. The van der Waals surface area contributed by atoms with Crippen LogP contribution in [0.25, 0.3) is 16.9 Å². The summed E-state index contributed by atoms with van der Waals surface area (Å²) in [5.74, 6) is 0.627. The average molecular weight is 404 g/mol. The van der Waals surface area contributed by atoms with E-state index >= 15 is 0 Å². The number of pyridine rings is 1. The van der Waals surface area contributed by atoms with Gasteiger partial charge in [-0.2, -0.15) is 0 Å². The number of hydrogen-bond donors (Lipinski definition) is 1. The average Bonchev–Trinajstić information content (AvgIpc) is 3.32. The van der Waals surface area contributed by atoms with Crippen molar-refractivity contribution < 1.29 is 9.53 Å². The van der Waals surface area contributed by atoms with Crippen LogP contribution in [0.2, 0.25) is 0 Å². The Kier molecular flexibility index (Phi) is 5.14. The summed E-state index contributed by atoms with van der Waals surface area (Å²) in [6.07, 6.45) is 3.19. The number of amides is 1. The Labute approximate surface area is 172 Å². The van der Waals surface area contributed by atoms with E-state index in [0.717, 1.165) is 34.1 Å². The molecule has 0 aliphatic heterocycles. The Morgan fingerprint density at radius 2 is 1.83 bits per heavy atom. The highest BCUT2D eigenvalue weighted by molar-refractivity contribution is 7.14. The summed E-state index contributed by atoms with van der Waals surface area (Å²) < 4.78 is 7.43. The second-order valence-corrected chi connectivity index (χ2v) is 7.40. The first-order valence-electron chi connectivity index (χ1n) is 9.07. The fourth-order valence-corrected chi connectivity index (χ4v) is 3.98. The van der Waals surface area contributed by atoms with Gasteiger partial charge in [0.05, 0.1) is 12.8 Å². The highest BCUT2D eigenvalue weighted by Gasteiger charge is 2.16. The first-order valence-corrected chi connectivity index (χ1v) is 9.95. The van der Waals surface area contributed by atoms with Gasteiger partial charge in [0, 0.05) is 46.0 Å². The van der Waals surface area contributed by atoms with Gasteiger partial charge in [0.15, 0.2) is 5.13 Å². The number of benzene rings is 1. The monoisotopic (exact) mass is 404 g/mol. The zero-order valence-electron chi connectivity index (χ0n) is 16.3. The number of carbonyl (C=O) groups excluding carboxylic acids is 1. The predicted molar refractivity (Wildman–Crippen MR) is 115 cm³/mol. The Balaban J connectivity index is 1.60. The molecule has 0 bridgehead atoms. The van der Waals surface area contributed by atoms with Crippen LogP contribution in [-0.4, -0.2) is 27.6 Å². The van der Waals surface area contributed by atoms with Crippen molar-refractivity contribution in [2.75, 3.05) is 12.4 Å². The number of anilines is 1. The summed E-state index contributed by atoms with van der Waals surface area (Å²) in [6.45, 7) is 4.14. The van der Waals surface area contributed by atoms with Gasteiger partial charge in [-0.15, -0.1) is 11.3 Å². The van der Waals surface area contributed by atoms with Gasteiger partial charge < -0.3 is 9.30 Å². The standard InChI is InChI=1S/C22H20N4O2S/c1-14-12-19(15(2)26(14)17-4-6-18(28-3)7-5-17)20-13-29-22(24-20)25-21(27)16-8-10-23-11-9-16/h4-13H,1-3H3,(H,24,25,27). The van der Waals surface area contributed by atoms with Crippen LogP contribution in [0.4, 0.5) is 5.13 Å². The Hall–Kier alpha value is -3.45. The zero-order valence-corrected chi connectivity index (χ0v) is 17.2. The molecule has 7 heteroatoms. The van der Waals surface area contributed by atoms with Crippen LogP contribution < -0.4 is 10.1 Å². The first-order chi connectivity index (χ1) is 14.1. The summed E-state index contributed by atoms with van der Waals surface area (Å²) >= 11 is 1.41. The molecular weight excluding hydrogens is 384 g/mol. The summed E-state index contributed by atoms with van der Waals surface area (Å²) in [6, 6.07) is 13.4. The number of rotatable bonds is 5. The number of aromatic nitrogens is 3. The predicted octanol–water partition coefficient (Wildman–Crippen LogP) is 4.87. The van der Waals surface area contributed by atoms with Crippen molar-refractivity contribution in [2.45, 2.75) is 13.8 Å². The molecule has 0 spiro atoms. The largest absolute Gasteiger partial charge is 0.497 e. The second-order valence-electron chi connectivity index (χ2n) is 6.55. The molecule has 0 saturated carbocycles. The van der Waals surface area contributed by atoms with Gasteiger partial charge in [-0.05, 0) is 56.3 Å². The zero-order chi connectivity index (χ0) is 20.4. The molecule has 3 heterocycles. The molecule has 0 aliphatic carbocycles. The van der Waals surface area contributed by atoms with Crippen molar-refractivity contribution in [3.63, 3.8) is 0 Å². The molecule has 146 valence electrons. The van der Waals surface area contributed by atoms with Crippen LogP contribution in [0.1, 0.15) is 21.7 Å². The van der Waals surface area contributed by atoms with Crippen molar-refractivity contribution >= 4 is 22.4 Å². The minimum absolute atomic E-state index is 0.197. The van der Waals surface area contributed by atoms with Crippen LogP contribution in [0.3, 0.4) is 0 Å². The lowest BCUT2D eigenvalue weighted by Gasteiger charge is -2.10. The maximum absolute atomic E-state index is 12.3. The van der Waals surface area contributed by atoms with Crippen LogP contribution in [0.5, 0.6) is 5.75 Å². The number of thiazole rings is 1.